The van der Waals surface area contributed by atoms with Gasteiger partial charge in [0.15, 0.2) is 0 Å². The number of hydrogen-bond acceptors (Lipinski definition) is 4. The number of aromatic nitrogens is 3. The topological polar surface area (TPSA) is 92.0 Å². The molecule has 0 saturated carbocycles. The van der Waals surface area contributed by atoms with Crippen molar-refractivity contribution in [2.24, 2.45) is 10.2 Å². The summed E-state index contributed by atoms with van der Waals surface area (Å²) in [6.45, 7) is 0. The van der Waals surface area contributed by atoms with Crippen molar-refractivity contribution < 1.29 is 4.79 Å². The van der Waals surface area contributed by atoms with Crippen LogP contribution in [-0.2, 0) is 0 Å². The van der Waals surface area contributed by atoms with Gasteiger partial charge in [0.25, 0.3) is 11.5 Å². The zero-order chi connectivity index (χ0) is 19.1. The lowest BCUT2D eigenvalue weighted by Gasteiger charge is -2.01. The van der Waals surface area contributed by atoms with Crippen LogP contribution in [0.1, 0.15) is 10.4 Å². The van der Waals surface area contributed by atoms with Crippen molar-refractivity contribution in [1.29, 1.82) is 0 Å². The van der Waals surface area contributed by atoms with E-state index in [9.17, 15) is 9.59 Å². The van der Waals surface area contributed by atoms with Gasteiger partial charge in [-0.2, -0.15) is 0 Å². The first kappa shape index (κ1) is 16.1. The number of para-hydroxylation sites is 2. The van der Waals surface area contributed by atoms with E-state index in [2.05, 4.69) is 20.2 Å². The Balaban J connectivity index is 1.79. The van der Waals surface area contributed by atoms with Crippen LogP contribution in [0, 0.1) is 0 Å². The Morgan fingerprint density at radius 1 is 0.929 bits per heavy atom. The number of H-pyrrole nitrogens is 1. The van der Waals surface area contributed by atoms with Crippen molar-refractivity contribution >= 4 is 39.0 Å². The minimum Gasteiger partial charge on any atom is -0.339 e. The number of carbonyl (C=O) groups is 1. The molecule has 5 aromatic rings. The quantitative estimate of drug-likeness (QED) is 0.473. The molecular formula is C21H13N5O2. The number of amides is 1. The van der Waals surface area contributed by atoms with Crippen LogP contribution in [0.5, 0.6) is 0 Å². The summed E-state index contributed by atoms with van der Waals surface area (Å²) in [5.41, 5.74) is 2.58. The number of nitrogens with one attached hydrogen (secondary N) is 1. The van der Waals surface area contributed by atoms with E-state index in [4.69, 9.17) is 0 Å². The number of rotatable bonds is 2. The summed E-state index contributed by atoms with van der Waals surface area (Å²) in [6.07, 6.45) is 3.05. The number of fused-ring (bicyclic) bond motifs is 4. The molecular weight excluding hydrogens is 354 g/mol. The Morgan fingerprint density at radius 2 is 1.64 bits per heavy atom. The van der Waals surface area contributed by atoms with Gasteiger partial charge < -0.3 is 4.98 Å². The summed E-state index contributed by atoms with van der Waals surface area (Å²) in [7, 11) is 0. The van der Waals surface area contributed by atoms with E-state index in [-0.39, 0.29) is 5.56 Å². The first-order valence-corrected chi connectivity index (χ1v) is 8.64. The third-order valence-corrected chi connectivity index (χ3v) is 4.63. The van der Waals surface area contributed by atoms with E-state index in [0.717, 1.165) is 5.39 Å². The van der Waals surface area contributed by atoms with Gasteiger partial charge in [0.1, 0.15) is 11.3 Å². The predicted octanol–water partition coefficient (Wildman–Crippen LogP) is 4.25. The van der Waals surface area contributed by atoms with Gasteiger partial charge >= 0.3 is 0 Å². The molecule has 0 fully saturated rings. The maximum absolute atomic E-state index is 13.1. The van der Waals surface area contributed by atoms with Crippen LogP contribution in [-0.4, -0.2) is 20.3 Å². The van der Waals surface area contributed by atoms with Crippen LogP contribution in [0.25, 0.3) is 27.5 Å². The van der Waals surface area contributed by atoms with E-state index in [1.54, 1.807) is 22.6 Å². The molecule has 0 aliphatic heterocycles. The SMILES string of the molecule is O=C(N=Nc1c2ccccc2n2c(=O)c3ccccc3[nH]c12)c1ccncc1. The van der Waals surface area contributed by atoms with E-state index < -0.39 is 5.91 Å². The van der Waals surface area contributed by atoms with Gasteiger partial charge in [-0.05, 0) is 30.3 Å². The summed E-state index contributed by atoms with van der Waals surface area (Å²) in [5, 5.41) is 9.39. The minimum absolute atomic E-state index is 0.150. The first-order chi connectivity index (χ1) is 13.7. The van der Waals surface area contributed by atoms with Crippen LogP contribution in [0.15, 0.2) is 88.1 Å². The minimum atomic E-state index is -0.478. The number of aromatic amines is 1. The molecule has 28 heavy (non-hydrogen) atoms. The van der Waals surface area contributed by atoms with Gasteiger partial charge in [-0.1, -0.05) is 30.3 Å². The smallest absolute Gasteiger partial charge is 0.295 e. The van der Waals surface area contributed by atoms with Gasteiger partial charge in [-0.15, -0.1) is 10.2 Å². The maximum atomic E-state index is 13.1. The number of hydrogen-bond donors (Lipinski definition) is 1. The highest BCUT2D eigenvalue weighted by Gasteiger charge is 2.16. The fourth-order valence-corrected chi connectivity index (χ4v) is 3.32. The Morgan fingerprint density at radius 3 is 2.46 bits per heavy atom. The molecule has 0 saturated heterocycles. The monoisotopic (exact) mass is 367 g/mol. The van der Waals surface area contributed by atoms with Crippen LogP contribution < -0.4 is 5.56 Å². The molecule has 7 nitrogen and oxygen atoms in total. The van der Waals surface area contributed by atoms with Gasteiger partial charge in [-0.3, -0.25) is 19.0 Å². The molecule has 0 spiro atoms. The summed E-state index contributed by atoms with van der Waals surface area (Å²) in [5.74, 6) is -0.478. The second-order valence-electron chi connectivity index (χ2n) is 6.27. The Hall–Kier alpha value is -4.13. The normalized spacial score (nSPS) is 11.7. The Bertz CT molecular complexity index is 1450. The second-order valence-corrected chi connectivity index (χ2v) is 6.27. The first-order valence-electron chi connectivity index (χ1n) is 8.64. The third-order valence-electron chi connectivity index (χ3n) is 4.63. The molecule has 7 heteroatoms. The molecule has 0 aliphatic rings. The molecule has 0 bridgehead atoms. The largest absolute Gasteiger partial charge is 0.339 e. The zero-order valence-electron chi connectivity index (χ0n) is 14.5. The molecule has 2 aromatic carbocycles. The van der Waals surface area contributed by atoms with Crippen LogP contribution >= 0.6 is 0 Å². The fraction of sp³-hybridized carbons (Fsp3) is 0. The van der Waals surface area contributed by atoms with Gasteiger partial charge in [-0.25, -0.2) is 0 Å². The highest BCUT2D eigenvalue weighted by atomic mass is 16.1. The van der Waals surface area contributed by atoms with Crippen molar-refractivity contribution in [2.45, 2.75) is 0 Å². The number of nitrogens with zero attached hydrogens (tertiary/aromatic N) is 4. The number of benzene rings is 2. The number of azo groups is 1. The molecule has 0 atom stereocenters. The summed E-state index contributed by atoms with van der Waals surface area (Å²) < 4.78 is 1.57. The molecule has 5 rings (SSSR count). The average molecular weight is 367 g/mol. The summed E-state index contributed by atoms with van der Waals surface area (Å²) in [4.78, 5) is 32.5. The van der Waals surface area contributed by atoms with Crippen LogP contribution in [0.2, 0.25) is 0 Å². The van der Waals surface area contributed by atoms with Crippen molar-refractivity contribution in [3.63, 3.8) is 0 Å². The van der Waals surface area contributed by atoms with Gasteiger partial charge in [0.05, 0.1) is 16.4 Å². The highest BCUT2D eigenvalue weighted by molar-refractivity contribution is 6.02. The van der Waals surface area contributed by atoms with E-state index in [1.165, 1.54) is 12.4 Å². The highest BCUT2D eigenvalue weighted by Crippen LogP contribution is 2.33. The number of carbonyl (C=O) groups excluding carboxylic acids is 1. The van der Waals surface area contributed by atoms with Crippen molar-refractivity contribution in [3.05, 3.63) is 89.0 Å². The molecule has 134 valence electrons. The van der Waals surface area contributed by atoms with Crippen molar-refractivity contribution in [2.75, 3.05) is 0 Å². The van der Waals surface area contributed by atoms with E-state index in [0.29, 0.717) is 33.3 Å². The lowest BCUT2D eigenvalue weighted by molar-refractivity contribution is 0.0995. The summed E-state index contributed by atoms with van der Waals surface area (Å²) in [6, 6.07) is 17.8. The maximum Gasteiger partial charge on any atom is 0.295 e. The molecule has 1 N–H and O–H groups in total. The molecule has 3 heterocycles. The van der Waals surface area contributed by atoms with Crippen molar-refractivity contribution in [3.8, 4) is 0 Å². The molecule has 3 aromatic heterocycles. The fourth-order valence-electron chi connectivity index (χ4n) is 3.32. The average Bonchev–Trinajstić information content (AvgIpc) is 3.06. The van der Waals surface area contributed by atoms with E-state index in [1.807, 2.05) is 42.5 Å². The zero-order valence-corrected chi connectivity index (χ0v) is 14.5. The molecule has 0 radical (unpaired) electrons. The lowest BCUT2D eigenvalue weighted by atomic mass is 10.2. The van der Waals surface area contributed by atoms with Crippen LogP contribution in [0.3, 0.4) is 0 Å². The van der Waals surface area contributed by atoms with Crippen molar-refractivity contribution in [1.82, 2.24) is 14.4 Å². The molecule has 1 amide bonds. The summed E-state index contributed by atoms with van der Waals surface area (Å²) >= 11 is 0. The van der Waals surface area contributed by atoms with Crippen LogP contribution in [0.4, 0.5) is 5.69 Å². The Kier molecular flexibility index (Phi) is 3.58. The van der Waals surface area contributed by atoms with Gasteiger partial charge in [0, 0.05) is 23.3 Å². The predicted molar refractivity (Wildman–Crippen MR) is 106 cm³/mol. The standard InChI is InChI=1S/C21H13N5O2/c27-20(13-9-11-22-12-10-13)25-24-18-15-6-2-4-8-17(15)26-19(18)23-16-7-3-1-5-14(16)21(26)28/h1-12,23H. The molecule has 0 unspecified atom stereocenters. The van der Waals surface area contributed by atoms with E-state index >= 15 is 0 Å². The second kappa shape index (κ2) is 6.24. The number of pyridine rings is 1. The Labute approximate surface area is 158 Å². The van der Waals surface area contributed by atoms with Gasteiger partial charge in [0.2, 0.25) is 0 Å². The molecule has 0 aliphatic carbocycles. The lowest BCUT2D eigenvalue weighted by Crippen LogP contribution is -2.13. The third kappa shape index (κ3) is 2.41.